The molecule has 0 saturated heterocycles. The van der Waals surface area contributed by atoms with Gasteiger partial charge in [0.2, 0.25) is 0 Å². The fourth-order valence-electron chi connectivity index (χ4n) is 2.99. The van der Waals surface area contributed by atoms with E-state index in [9.17, 15) is 5.11 Å². The molecule has 0 spiro atoms. The van der Waals surface area contributed by atoms with E-state index in [2.05, 4.69) is 18.1 Å². The first-order valence-electron chi connectivity index (χ1n) is 7.45. The summed E-state index contributed by atoms with van der Waals surface area (Å²) < 4.78 is 7.54. The van der Waals surface area contributed by atoms with Crippen molar-refractivity contribution in [1.29, 1.82) is 0 Å². The van der Waals surface area contributed by atoms with Gasteiger partial charge in [0.15, 0.2) is 0 Å². The zero-order valence-electron chi connectivity index (χ0n) is 12.3. The van der Waals surface area contributed by atoms with Gasteiger partial charge in [0.1, 0.15) is 0 Å². The maximum atomic E-state index is 10.2. The average molecular weight is 266 g/mol. The summed E-state index contributed by atoms with van der Waals surface area (Å²) in [6.07, 6.45) is 4.00. The summed E-state index contributed by atoms with van der Waals surface area (Å²) in [7, 11) is 0. The monoisotopic (exact) mass is 266 g/mol. The van der Waals surface area contributed by atoms with Gasteiger partial charge in [-0.2, -0.15) is 5.10 Å². The molecule has 0 aliphatic heterocycles. The first-order valence-corrected chi connectivity index (χ1v) is 7.45. The minimum Gasteiger partial charge on any atom is -0.393 e. The normalized spacial score (nSPS) is 24.2. The number of aryl methyl sites for hydroxylation is 2. The van der Waals surface area contributed by atoms with Crippen LogP contribution < -0.4 is 0 Å². The Morgan fingerprint density at radius 2 is 2.21 bits per heavy atom. The summed E-state index contributed by atoms with van der Waals surface area (Å²) in [6, 6.07) is 2.08. The van der Waals surface area contributed by atoms with Gasteiger partial charge < -0.3 is 9.84 Å². The molecule has 1 atom stereocenters. The van der Waals surface area contributed by atoms with E-state index < -0.39 is 0 Å². The zero-order chi connectivity index (χ0) is 13.8. The molecule has 1 aromatic rings. The van der Waals surface area contributed by atoms with Crippen molar-refractivity contribution in [2.24, 2.45) is 5.92 Å². The average Bonchev–Trinajstić information content (AvgIpc) is 2.66. The highest BCUT2D eigenvalue weighted by atomic mass is 16.5. The highest BCUT2D eigenvalue weighted by Gasteiger charge is 2.31. The molecule has 4 heteroatoms. The van der Waals surface area contributed by atoms with Crippen LogP contribution >= 0.6 is 0 Å². The van der Waals surface area contributed by atoms with Crippen LogP contribution in [-0.4, -0.2) is 33.7 Å². The standard InChI is InChI=1S/C15H26N2O2/c1-4-17-13(6-11(3)16-17)10-14(18)7-12-8-15(9-12)19-5-2/h6,12,14-15,18H,4-5,7-10H2,1-3H3. The Morgan fingerprint density at radius 1 is 1.47 bits per heavy atom. The summed E-state index contributed by atoms with van der Waals surface area (Å²) in [5.41, 5.74) is 2.18. The highest BCUT2D eigenvalue weighted by molar-refractivity contribution is 5.10. The first-order chi connectivity index (χ1) is 9.12. The molecule has 1 fully saturated rings. The van der Waals surface area contributed by atoms with Crippen molar-refractivity contribution < 1.29 is 9.84 Å². The second-order valence-corrected chi connectivity index (χ2v) is 5.60. The van der Waals surface area contributed by atoms with E-state index in [0.717, 1.165) is 43.8 Å². The minimum atomic E-state index is -0.256. The molecule has 1 unspecified atom stereocenters. The predicted molar refractivity (Wildman–Crippen MR) is 75.1 cm³/mol. The van der Waals surface area contributed by atoms with Gasteiger partial charge in [-0.1, -0.05) is 0 Å². The lowest BCUT2D eigenvalue weighted by Crippen LogP contribution is -2.34. The summed E-state index contributed by atoms with van der Waals surface area (Å²) in [5.74, 6) is 0.630. The number of rotatable bonds is 7. The summed E-state index contributed by atoms with van der Waals surface area (Å²) >= 11 is 0. The zero-order valence-corrected chi connectivity index (χ0v) is 12.3. The number of hydrogen-bond donors (Lipinski definition) is 1. The second kappa shape index (κ2) is 6.53. The van der Waals surface area contributed by atoms with Gasteiger partial charge in [-0.15, -0.1) is 0 Å². The molecule has 19 heavy (non-hydrogen) atoms. The van der Waals surface area contributed by atoms with Crippen LogP contribution in [0.2, 0.25) is 0 Å². The smallest absolute Gasteiger partial charge is 0.0598 e. The van der Waals surface area contributed by atoms with Crippen molar-refractivity contribution in [3.63, 3.8) is 0 Å². The van der Waals surface area contributed by atoms with Crippen LogP contribution in [-0.2, 0) is 17.7 Å². The van der Waals surface area contributed by atoms with Crippen LogP contribution in [0.15, 0.2) is 6.07 Å². The summed E-state index contributed by atoms with van der Waals surface area (Å²) in [5, 5.41) is 14.6. The van der Waals surface area contributed by atoms with E-state index >= 15 is 0 Å². The SMILES string of the molecule is CCOC1CC(CC(O)Cc2cc(C)nn2CC)C1. The predicted octanol–water partition coefficient (Wildman–Crippen LogP) is 2.32. The molecule has 4 nitrogen and oxygen atoms in total. The van der Waals surface area contributed by atoms with Crippen molar-refractivity contribution in [3.05, 3.63) is 17.5 Å². The van der Waals surface area contributed by atoms with Crippen LogP contribution in [0.25, 0.3) is 0 Å². The lowest BCUT2D eigenvalue weighted by molar-refractivity contribution is -0.0377. The van der Waals surface area contributed by atoms with Crippen molar-refractivity contribution in [2.75, 3.05) is 6.61 Å². The Bertz CT molecular complexity index is 397. The molecule has 1 aromatic heterocycles. The van der Waals surface area contributed by atoms with Gasteiger partial charge in [0.25, 0.3) is 0 Å². The van der Waals surface area contributed by atoms with Gasteiger partial charge in [-0.25, -0.2) is 0 Å². The largest absolute Gasteiger partial charge is 0.393 e. The van der Waals surface area contributed by atoms with Crippen LogP contribution in [0.5, 0.6) is 0 Å². The van der Waals surface area contributed by atoms with Crippen LogP contribution in [0, 0.1) is 12.8 Å². The Labute approximate surface area is 115 Å². The fraction of sp³-hybridized carbons (Fsp3) is 0.800. The van der Waals surface area contributed by atoms with E-state index in [0.29, 0.717) is 18.4 Å². The van der Waals surface area contributed by atoms with E-state index in [1.165, 1.54) is 0 Å². The van der Waals surface area contributed by atoms with Gasteiger partial charge >= 0.3 is 0 Å². The molecule has 0 bridgehead atoms. The van der Waals surface area contributed by atoms with Crippen LogP contribution in [0.4, 0.5) is 0 Å². The minimum absolute atomic E-state index is 0.256. The van der Waals surface area contributed by atoms with Crippen molar-refractivity contribution in [1.82, 2.24) is 9.78 Å². The van der Waals surface area contributed by atoms with Crippen molar-refractivity contribution in [3.8, 4) is 0 Å². The fourth-order valence-corrected chi connectivity index (χ4v) is 2.99. The molecule has 1 aliphatic carbocycles. The molecule has 1 heterocycles. The van der Waals surface area contributed by atoms with Gasteiger partial charge in [0, 0.05) is 25.3 Å². The van der Waals surface area contributed by atoms with Crippen LogP contribution in [0.3, 0.4) is 0 Å². The molecule has 1 N–H and O–H groups in total. The molecule has 0 amide bonds. The lowest BCUT2D eigenvalue weighted by atomic mass is 9.78. The second-order valence-electron chi connectivity index (χ2n) is 5.60. The number of hydrogen-bond acceptors (Lipinski definition) is 3. The van der Waals surface area contributed by atoms with E-state index in [4.69, 9.17) is 4.74 Å². The Balaban J connectivity index is 1.77. The maximum absolute atomic E-state index is 10.2. The molecule has 0 radical (unpaired) electrons. The molecule has 0 aromatic carbocycles. The number of nitrogens with zero attached hydrogens (tertiary/aromatic N) is 2. The van der Waals surface area contributed by atoms with E-state index in [-0.39, 0.29) is 6.10 Å². The van der Waals surface area contributed by atoms with Gasteiger partial charge in [-0.3, -0.25) is 4.68 Å². The molecular formula is C15H26N2O2. The third-order valence-electron chi connectivity index (χ3n) is 3.93. The van der Waals surface area contributed by atoms with E-state index in [1.54, 1.807) is 0 Å². The van der Waals surface area contributed by atoms with E-state index in [1.807, 2.05) is 18.5 Å². The molecule has 1 aliphatic rings. The third kappa shape index (κ3) is 3.80. The van der Waals surface area contributed by atoms with Crippen molar-refractivity contribution >= 4 is 0 Å². The quantitative estimate of drug-likeness (QED) is 0.824. The Morgan fingerprint density at radius 3 is 2.84 bits per heavy atom. The molecule has 108 valence electrons. The third-order valence-corrected chi connectivity index (χ3v) is 3.93. The molecule has 2 rings (SSSR count). The molecular weight excluding hydrogens is 240 g/mol. The summed E-state index contributed by atoms with van der Waals surface area (Å²) in [6.45, 7) is 7.79. The first kappa shape index (κ1) is 14.5. The number of aliphatic hydroxyl groups is 1. The number of aromatic nitrogens is 2. The van der Waals surface area contributed by atoms with Gasteiger partial charge in [-0.05, 0) is 52.0 Å². The molecule has 1 saturated carbocycles. The topological polar surface area (TPSA) is 47.3 Å². The van der Waals surface area contributed by atoms with Crippen molar-refractivity contribution in [2.45, 2.75) is 65.2 Å². The summed E-state index contributed by atoms with van der Waals surface area (Å²) in [4.78, 5) is 0. The maximum Gasteiger partial charge on any atom is 0.0598 e. The Hall–Kier alpha value is -0.870. The lowest BCUT2D eigenvalue weighted by Gasteiger charge is -2.36. The highest BCUT2D eigenvalue weighted by Crippen LogP contribution is 2.34. The number of aliphatic hydroxyl groups excluding tert-OH is 1. The van der Waals surface area contributed by atoms with Crippen LogP contribution in [0.1, 0.15) is 44.5 Å². The number of ether oxygens (including phenoxy) is 1. The Kier molecular flexibility index (Phi) is 4.99. The van der Waals surface area contributed by atoms with Gasteiger partial charge in [0.05, 0.1) is 17.9 Å².